The van der Waals surface area contributed by atoms with Crippen molar-refractivity contribution in [2.45, 2.75) is 40.2 Å². The molecule has 5 nitrogen and oxygen atoms in total. The van der Waals surface area contributed by atoms with E-state index >= 15 is 0 Å². The van der Waals surface area contributed by atoms with Crippen molar-refractivity contribution in [1.29, 1.82) is 0 Å². The Labute approximate surface area is 168 Å². The van der Waals surface area contributed by atoms with Gasteiger partial charge in [-0.15, -0.1) is 24.0 Å². The molecule has 138 valence electrons. The number of hydrogen-bond acceptors (Lipinski definition) is 3. The van der Waals surface area contributed by atoms with Crippen LogP contribution in [0, 0.1) is 0 Å². The lowest BCUT2D eigenvalue weighted by atomic mass is 10.2. The van der Waals surface area contributed by atoms with Crippen LogP contribution >= 0.6 is 35.6 Å². The molecule has 0 spiro atoms. The van der Waals surface area contributed by atoms with Gasteiger partial charge in [-0.05, 0) is 45.0 Å². The molecule has 0 saturated carbocycles. The number of nitrogens with one attached hydrogen (secondary N) is 2. The maximum Gasteiger partial charge on any atom is 0.191 e. The second-order valence-electron chi connectivity index (χ2n) is 5.46. The van der Waals surface area contributed by atoms with Gasteiger partial charge in [0.2, 0.25) is 0 Å². The van der Waals surface area contributed by atoms with E-state index in [1.54, 1.807) is 0 Å². The molecule has 2 N–H and O–H groups in total. The highest BCUT2D eigenvalue weighted by molar-refractivity contribution is 14.0. The Balaban J connectivity index is 0.00000529. The molecule has 0 radical (unpaired) electrons. The fourth-order valence-electron chi connectivity index (χ4n) is 2.41. The molecule has 1 unspecified atom stereocenters. The zero-order valence-corrected chi connectivity index (χ0v) is 18.3. The lowest BCUT2D eigenvalue weighted by Gasteiger charge is -2.25. The van der Waals surface area contributed by atoms with E-state index in [0.717, 1.165) is 50.7 Å². The third-order valence-corrected chi connectivity index (χ3v) is 4.01. The van der Waals surface area contributed by atoms with Gasteiger partial charge < -0.3 is 10.6 Å². The van der Waals surface area contributed by atoms with Crippen LogP contribution in [-0.4, -0.2) is 54.6 Å². The first kappa shape index (κ1) is 23.4. The molecule has 1 rings (SSSR count). The predicted octanol–water partition coefficient (Wildman–Crippen LogP) is 3.18. The number of halogens is 2. The third kappa shape index (κ3) is 9.03. The zero-order chi connectivity index (χ0) is 17.1. The molecule has 1 aromatic rings. The van der Waals surface area contributed by atoms with E-state index in [-0.39, 0.29) is 24.0 Å². The van der Waals surface area contributed by atoms with E-state index < -0.39 is 0 Å². The minimum atomic E-state index is 0. The molecule has 0 amide bonds. The molecule has 0 fully saturated rings. The lowest BCUT2D eigenvalue weighted by Crippen LogP contribution is -2.40. The molecule has 24 heavy (non-hydrogen) atoms. The van der Waals surface area contributed by atoms with Crippen molar-refractivity contribution in [3.63, 3.8) is 0 Å². The molecular formula is C17H31ClIN5. The van der Waals surface area contributed by atoms with E-state index in [1.165, 1.54) is 0 Å². The third-order valence-electron chi connectivity index (χ3n) is 3.79. The number of guanidine groups is 1. The molecule has 1 aromatic heterocycles. The number of rotatable bonds is 9. The van der Waals surface area contributed by atoms with Crippen molar-refractivity contribution in [1.82, 2.24) is 20.5 Å². The molecule has 1 atom stereocenters. The second kappa shape index (κ2) is 13.7. The van der Waals surface area contributed by atoms with E-state index in [0.29, 0.717) is 11.2 Å². The molecule has 0 bridgehead atoms. The molecule has 0 aliphatic carbocycles. The smallest absolute Gasteiger partial charge is 0.191 e. The first-order valence-corrected chi connectivity index (χ1v) is 8.85. The van der Waals surface area contributed by atoms with E-state index in [1.807, 2.05) is 18.3 Å². The van der Waals surface area contributed by atoms with Gasteiger partial charge in [-0.3, -0.25) is 9.89 Å². The van der Waals surface area contributed by atoms with E-state index in [4.69, 9.17) is 16.6 Å². The summed E-state index contributed by atoms with van der Waals surface area (Å²) in [7, 11) is 0. The Morgan fingerprint density at radius 1 is 1.25 bits per heavy atom. The van der Waals surface area contributed by atoms with Gasteiger partial charge >= 0.3 is 0 Å². The Kier molecular flexibility index (Phi) is 13.3. The summed E-state index contributed by atoms with van der Waals surface area (Å²) in [5.41, 5.74) is 1.16. The van der Waals surface area contributed by atoms with Gasteiger partial charge in [0.25, 0.3) is 0 Å². The van der Waals surface area contributed by atoms with E-state index in [2.05, 4.69) is 48.2 Å². The van der Waals surface area contributed by atoms with Crippen LogP contribution in [0.25, 0.3) is 0 Å². The summed E-state index contributed by atoms with van der Waals surface area (Å²) in [5.74, 6) is 0.869. The van der Waals surface area contributed by atoms with Crippen molar-refractivity contribution in [3.8, 4) is 0 Å². The monoisotopic (exact) mass is 467 g/mol. The summed E-state index contributed by atoms with van der Waals surface area (Å²) in [4.78, 5) is 11.2. The fourth-order valence-corrected chi connectivity index (χ4v) is 2.52. The molecule has 1 heterocycles. The average molecular weight is 468 g/mol. The van der Waals surface area contributed by atoms with Gasteiger partial charge in [-0.1, -0.05) is 31.5 Å². The summed E-state index contributed by atoms with van der Waals surface area (Å²) in [6, 6.07) is 4.27. The first-order valence-electron chi connectivity index (χ1n) is 8.47. The first-order chi connectivity index (χ1) is 11.1. The zero-order valence-electron chi connectivity index (χ0n) is 15.2. The molecule has 0 saturated heterocycles. The van der Waals surface area contributed by atoms with Gasteiger partial charge in [0.1, 0.15) is 5.15 Å². The maximum atomic E-state index is 5.80. The maximum absolute atomic E-state index is 5.80. The SMILES string of the molecule is CCNC(=NCC(C)N(CC)CC)NCCc1ccc(Cl)nc1.I. The van der Waals surface area contributed by atoms with Crippen molar-refractivity contribution in [2.24, 2.45) is 4.99 Å². The normalized spacial score (nSPS) is 12.7. The van der Waals surface area contributed by atoms with Crippen LogP contribution in [0.1, 0.15) is 33.3 Å². The van der Waals surface area contributed by atoms with Crippen molar-refractivity contribution < 1.29 is 0 Å². The van der Waals surface area contributed by atoms with Crippen molar-refractivity contribution in [2.75, 3.05) is 32.7 Å². The van der Waals surface area contributed by atoms with Crippen molar-refractivity contribution >= 4 is 41.5 Å². The highest BCUT2D eigenvalue weighted by Gasteiger charge is 2.09. The van der Waals surface area contributed by atoms with Gasteiger partial charge in [-0.2, -0.15) is 0 Å². The number of pyridine rings is 1. The van der Waals surface area contributed by atoms with Crippen LogP contribution < -0.4 is 10.6 Å². The average Bonchev–Trinajstić information content (AvgIpc) is 2.55. The van der Waals surface area contributed by atoms with Crippen LogP contribution in [0.15, 0.2) is 23.3 Å². The highest BCUT2D eigenvalue weighted by atomic mass is 127. The Hall–Kier alpha value is -0.600. The second-order valence-corrected chi connectivity index (χ2v) is 5.84. The Bertz CT molecular complexity index is 463. The number of aliphatic imine (C=N–C) groups is 1. The minimum absolute atomic E-state index is 0. The minimum Gasteiger partial charge on any atom is -0.357 e. The molecular weight excluding hydrogens is 437 g/mol. The quantitative estimate of drug-likeness (QED) is 0.253. The lowest BCUT2D eigenvalue weighted by molar-refractivity contribution is 0.237. The number of hydrogen-bond donors (Lipinski definition) is 2. The van der Waals surface area contributed by atoms with Gasteiger partial charge in [-0.25, -0.2) is 4.98 Å². The summed E-state index contributed by atoms with van der Waals surface area (Å²) in [5, 5.41) is 7.20. The van der Waals surface area contributed by atoms with Crippen LogP contribution in [-0.2, 0) is 6.42 Å². The van der Waals surface area contributed by atoms with Crippen LogP contribution in [0.3, 0.4) is 0 Å². The highest BCUT2D eigenvalue weighted by Crippen LogP contribution is 2.05. The summed E-state index contributed by atoms with van der Waals surface area (Å²) in [6.45, 7) is 13.2. The van der Waals surface area contributed by atoms with Gasteiger partial charge in [0.05, 0.1) is 6.54 Å². The van der Waals surface area contributed by atoms with Crippen molar-refractivity contribution in [3.05, 3.63) is 29.0 Å². The van der Waals surface area contributed by atoms with Gasteiger partial charge in [0.15, 0.2) is 5.96 Å². The topological polar surface area (TPSA) is 52.6 Å². The number of nitrogens with zero attached hydrogens (tertiary/aromatic N) is 3. The molecule has 7 heteroatoms. The van der Waals surface area contributed by atoms with Gasteiger partial charge in [0, 0.05) is 25.3 Å². The summed E-state index contributed by atoms with van der Waals surface area (Å²) < 4.78 is 0. The largest absolute Gasteiger partial charge is 0.357 e. The predicted molar refractivity (Wildman–Crippen MR) is 115 cm³/mol. The molecule has 0 aromatic carbocycles. The summed E-state index contributed by atoms with van der Waals surface area (Å²) >= 11 is 5.80. The Morgan fingerprint density at radius 2 is 1.96 bits per heavy atom. The standard InChI is InChI=1S/C17H30ClN5.HI/c1-5-19-17(22-12-14(4)23(6-2)7-3)20-11-10-15-8-9-16(18)21-13-15;/h8-9,13-14H,5-7,10-12H2,1-4H3,(H2,19,20,22);1H. The fraction of sp³-hybridized carbons (Fsp3) is 0.647. The number of aromatic nitrogens is 1. The molecule has 0 aliphatic heterocycles. The number of likely N-dealkylation sites (N-methyl/N-ethyl adjacent to an activating group) is 1. The van der Waals surface area contributed by atoms with Crippen LogP contribution in [0.2, 0.25) is 5.15 Å². The molecule has 0 aliphatic rings. The van der Waals surface area contributed by atoms with E-state index in [9.17, 15) is 0 Å². The Morgan fingerprint density at radius 3 is 2.50 bits per heavy atom. The van der Waals surface area contributed by atoms with Crippen LogP contribution in [0.5, 0.6) is 0 Å². The van der Waals surface area contributed by atoms with Crippen LogP contribution in [0.4, 0.5) is 0 Å². The summed E-state index contributed by atoms with van der Waals surface area (Å²) in [6.07, 6.45) is 2.71.